The largest absolute Gasteiger partial charge is 0.365 e. The first-order chi connectivity index (χ1) is 12.1. The monoisotopic (exact) mass is 336 g/mol. The number of aromatic nitrogens is 3. The number of hydrogen-bond donors (Lipinski definition) is 2. The number of carbonyl (C=O) groups is 1. The Hall–Kier alpha value is -3.68. The van der Waals surface area contributed by atoms with Crippen LogP contribution in [0.4, 0.5) is 0 Å². The highest BCUT2D eigenvalue weighted by Crippen LogP contribution is 2.12. The van der Waals surface area contributed by atoms with Crippen LogP contribution in [-0.2, 0) is 11.3 Å². The van der Waals surface area contributed by atoms with E-state index in [1.54, 1.807) is 12.1 Å². The number of nitrogens with one attached hydrogen (secondary N) is 1. The summed E-state index contributed by atoms with van der Waals surface area (Å²) in [6.45, 7) is -0.283. The topological polar surface area (TPSA) is 107 Å². The summed E-state index contributed by atoms with van der Waals surface area (Å²) in [5.74, 6) is 5.55. The molecule has 2 aromatic carbocycles. The van der Waals surface area contributed by atoms with Crippen molar-refractivity contribution >= 4 is 12.1 Å². The zero-order valence-corrected chi connectivity index (χ0v) is 13.2. The minimum absolute atomic E-state index is 0.283. The van der Waals surface area contributed by atoms with E-state index in [-0.39, 0.29) is 12.4 Å². The van der Waals surface area contributed by atoms with Gasteiger partial charge in [0.1, 0.15) is 6.54 Å². The molecule has 1 aromatic heterocycles. The lowest BCUT2D eigenvalue weighted by atomic mass is 10.2. The van der Waals surface area contributed by atoms with E-state index in [2.05, 4.69) is 15.6 Å². The molecule has 8 nitrogen and oxygen atoms in total. The lowest BCUT2D eigenvalue weighted by molar-refractivity contribution is -0.121. The van der Waals surface area contributed by atoms with Gasteiger partial charge in [-0.05, 0) is 5.56 Å². The average Bonchev–Trinajstić information content (AvgIpc) is 2.92. The fourth-order valence-corrected chi connectivity index (χ4v) is 2.20. The van der Waals surface area contributed by atoms with E-state index in [9.17, 15) is 9.59 Å². The van der Waals surface area contributed by atoms with Crippen LogP contribution in [0.25, 0.3) is 11.4 Å². The number of benzene rings is 2. The van der Waals surface area contributed by atoms with Crippen molar-refractivity contribution in [1.82, 2.24) is 19.9 Å². The number of nitrogens with zero attached hydrogens (tertiary/aromatic N) is 4. The normalized spacial score (nSPS) is 10.9. The second-order valence-electron chi connectivity index (χ2n) is 5.20. The molecule has 0 spiro atoms. The molecule has 3 aromatic rings. The molecule has 126 valence electrons. The van der Waals surface area contributed by atoms with E-state index >= 15 is 0 Å². The van der Waals surface area contributed by atoms with Gasteiger partial charge in [-0.3, -0.25) is 4.79 Å². The number of carbonyl (C=O) groups excluding carboxylic acids is 1. The molecular weight excluding hydrogens is 320 g/mol. The fraction of sp³-hybridized carbons (Fsp3) is 0.0588. The van der Waals surface area contributed by atoms with Gasteiger partial charge < -0.3 is 5.84 Å². The summed E-state index contributed by atoms with van der Waals surface area (Å²) in [7, 11) is 0. The summed E-state index contributed by atoms with van der Waals surface area (Å²) in [5.41, 5.74) is 3.30. The van der Waals surface area contributed by atoms with Gasteiger partial charge in [-0.1, -0.05) is 60.7 Å². The maximum Gasteiger partial charge on any atom is 0.365 e. The van der Waals surface area contributed by atoms with Crippen molar-refractivity contribution in [1.29, 1.82) is 0 Å². The fourth-order valence-electron chi connectivity index (χ4n) is 2.20. The molecule has 0 unspecified atom stereocenters. The second kappa shape index (κ2) is 7.26. The summed E-state index contributed by atoms with van der Waals surface area (Å²) in [6.07, 6.45) is 1.51. The molecule has 8 heteroatoms. The van der Waals surface area contributed by atoms with Crippen LogP contribution in [0.5, 0.6) is 0 Å². The van der Waals surface area contributed by atoms with Gasteiger partial charge in [-0.15, -0.1) is 5.10 Å². The molecule has 0 aliphatic carbocycles. The molecule has 0 aliphatic rings. The Balaban J connectivity index is 1.70. The Kier molecular flexibility index (Phi) is 4.70. The average molecular weight is 336 g/mol. The van der Waals surface area contributed by atoms with E-state index in [4.69, 9.17) is 5.84 Å². The van der Waals surface area contributed by atoms with Crippen LogP contribution < -0.4 is 17.0 Å². The van der Waals surface area contributed by atoms with E-state index in [1.165, 1.54) is 6.21 Å². The maximum atomic E-state index is 12.1. The Labute approximate surface area is 143 Å². The smallest absolute Gasteiger partial charge is 0.333 e. The van der Waals surface area contributed by atoms with Gasteiger partial charge in [-0.2, -0.15) is 9.78 Å². The molecule has 3 N–H and O–H groups in total. The van der Waals surface area contributed by atoms with Crippen molar-refractivity contribution in [3.63, 3.8) is 0 Å². The summed E-state index contributed by atoms with van der Waals surface area (Å²) in [5, 5.41) is 7.96. The Bertz CT molecular complexity index is 944. The number of rotatable bonds is 5. The molecule has 0 bridgehead atoms. The molecule has 0 saturated heterocycles. The minimum atomic E-state index is -0.582. The molecule has 0 radical (unpaired) electrons. The quantitative estimate of drug-likeness (QED) is 0.403. The van der Waals surface area contributed by atoms with Crippen LogP contribution in [0.1, 0.15) is 5.56 Å². The predicted molar refractivity (Wildman–Crippen MR) is 94.3 cm³/mol. The molecule has 0 aliphatic heterocycles. The maximum absolute atomic E-state index is 12.1. The van der Waals surface area contributed by atoms with Gasteiger partial charge in [0, 0.05) is 5.56 Å². The first-order valence-electron chi connectivity index (χ1n) is 7.52. The van der Waals surface area contributed by atoms with Crippen molar-refractivity contribution in [2.45, 2.75) is 6.54 Å². The Morgan fingerprint density at radius 1 is 1.12 bits per heavy atom. The van der Waals surface area contributed by atoms with E-state index in [1.807, 2.05) is 48.5 Å². The van der Waals surface area contributed by atoms with Gasteiger partial charge in [0.2, 0.25) is 0 Å². The molecule has 0 saturated carbocycles. The third kappa shape index (κ3) is 3.81. The molecular formula is C17H16N6O2. The number of nitrogen functional groups attached to an aromatic ring is 1. The molecule has 1 heterocycles. The van der Waals surface area contributed by atoms with Gasteiger partial charge in [-0.25, -0.2) is 14.9 Å². The Morgan fingerprint density at radius 3 is 2.44 bits per heavy atom. The van der Waals surface area contributed by atoms with E-state index in [0.29, 0.717) is 5.56 Å². The predicted octanol–water partition coefficient (Wildman–Crippen LogP) is 0.576. The van der Waals surface area contributed by atoms with Gasteiger partial charge >= 0.3 is 5.69 Å². The van der Waals surface area contributed by atoms with Crippen LogP contribution in [0.3, 0.4) is 0 Å². The van der Waals surface area contributed by atoms with Gasteiger partial charge in [0.15, 0.2) is 5.82 Å². The van der Waals surface area contributed by atoms with Crippen LogP contribution in [0.2, 0.25) is 0 Å². The summed E-state index contributed by atoms with van der Waals surface area (Å²) in [4.78, 5) is 24.1. The number of amides is 1. The van der Waals surface area contributed by atoms with Gasteiger partial charge in [0.05, 0.1) is 6.21 Å². The highest BCUT2D eigenvalue weighted by molar-refractivity contribution is 5.82. The SMILES string of the molecule is Nn1c(-c2ccccc2)nn(CC(=O)N/N=C\c2ccccc2)c1=O. The van der Waals surface area contributed by atoms with Crippen LogP contribution in [-0.4, -0.2) is 26.6 Å². The molecule has 25 heavy (non-hydrogen) atoms. The third-order valence-electron chi connectivity index (χ3n) is 3.40. The van der Waals surface area contributed by atoms with Crippen LogP contribution in [0, 0.1) is 0 Å². The first-order valence-corrected chi connectivity index (χ1v) is 7.52. The van der Waals surface area contributed by atoms with Gasteiger partial charge in [0.25, 0.3) is 5.91 Å². The lowest BCUT2D eigenvalue weighted by Gasteiger charge is -1.99. The minimum Gasteiger partial charge on any atom is -0.333 e. The summed E-state index contributed by atoms with van der Waals surface area (Å²) in [6, 6.07) is 18.3. The van der Waals surface area contributed by atoms with Crippen molar-refractivity contribution in [2.24, 2.45) is 5.10 Å². The lowest BCUT2D eigenvalue weighted by Crippen LogP contribution is -2.34. The highest BCUT2D eigenvalue weighted by atomic mass is 16.2. The number of nitrogens with two attached hydrogens (primary N) is 1. The zero-order chi connectivity index (χ0) is 17.6. The van der Waals surface area contributed by atoms with Crippen LogP contribution in [0.15, 0.2) is 70.6 Å². The van der Waals surface area contributed by atoms with Crippen molar-refractivity contribution in [3.05, 3.63) is 76.7 Å². The summed E-state index contributed by atoms with van der Waals surface area (Å²) < 4.78 is 1.91. The number of hydrazone groups is 1. The third-order valence-corrected chi connectivity index (χ3v) is 3.40. The molecule has 3 rings (SSSR count). The second-order valence-corrected chi connectivity index (χ2v) is 5.20. The Morgan fingerprint density at radius 2 is 1.76 bits per heavy atom. The highest BCUT2D eigenvalue weighted by Gasteiger charge is 2.14. The molecule has 0 fully saturated rings. The van der Waals surface area contributed by atoms with Crippen molar-refractivity contribution < 1.29 is 4.79 Å². The van der Waals surface area contributed by atoms with E-state index in [0.717, 1.165) is 14.9 Å². The number of hydrogen-bond acceptors (Lipinski definition) is 5. The van der Waals surface area contributed by atoms with Crippen molar-refractivity contribution in [2.75, 3.05) is 5.84 Å². The molecule has 0 atom stereocenters. The summed E-state index contributed by atoms with van der Waals surface area (Å²) >= 11 is 0. The standard InChI is InChI=1S/C17H16N6O2/c18-23-16(14-9-5-2-6-10-14)21-22(17(23)25)12-15(24)20-19-11-13-7-3-1-4-8-13/h1-11H,12,18H2,(H,20,24)/b19-11-. The van der Waals surface area contributed by atoms with E-state index < -0.39 is 11.6 Å². The van der Waals surface area contributed by atoms with Crippen molar-refractivity contribution in [3.8, 4) is 11.4 Å². The zero-order valence-electron chi connectivity index (χ0n) is 13.2. The van der Waals surface area contributed by atoms with Crippen LogP contribution >= 0.6 is 0 Å². The molecule has 1 amide bonds. The first kappa shape index (κ1) is 16.2.